The van der Waals surface area contributed by atoms with Gasteiger partial charge in [-0.25, -0.2) is 13.4 Å². The number of carbonyl (C=O) groups excluding carboxylic acids is 2. The minimum Gasteiger partial charge on any atom is -0.416 e. The number of hydrogen-bond acceptors (Lipinski definition) is 6. The molecule has 1 aromatic carbocycles. The highest BCUT2D eigenvalue weighted by Gasteiger charge is 2.57. The number of amides is 2. The van der Waals surface area contributed by atoms with Crippen LogP contribution in [-0.2, 0) is 19.6 Å². The lowest BCUT2D eigenvalue weighted by atomic mass is 9.88. The van der Waals surface area contributed by atoms with Crippen molar-refractivity contribution in [1.82, 2.24) is 19.5 Å². The Morgan fingerprint density at radius 3 is 2.68 bits per heavy atom. The topological polar surface area (TPSA) is 109 Å². The summed E-state index contributed by atoms with van der Waals surface area (Å²) < 4.78 is 57.4. The van der Waals surface area contributed by atoms with Gasteiger partial charge in [0.2, 0.25) is 27.7 Å². The Labute approximate surface area is 176 Å². The molecule has 2 aliphatic heterocycles. The monoisotopic (exact) mass is 452 g/mol. The Balaban J connectivity index is 1.51. The summed E-state index contributed by atoms with van der Waals surface area (Å²) in [5.41, 5.74) is 0. The van der Waals surface area contributed by atoms with Gasteiger partial charge in [0.1, 0.15) is 0 Å². The maximum absolute atomic E-state index is 13.2. The molecule has 0 bridgehead atoms. The smallest absolute Gasteiger partial charge is 0.388 e. The van der Waals surface area contributed by atoms with Crippen molar-refractivity contribution >= 4 is 32.6 Å². The normalized spacial score (nSPS) is 20.5. The van der Waals surface area contributed by atoms with Gasteiger partial charge >= 0.3 is 6.61 Å². The second kappa shape index (κ2) is 7.85. The minimum absolute atomic E-state index is 0.0482. The van der Waals surface area contributed by atoms with Crippen LogP contribution >= 0.6 is 0 Å². The van der Waals surface area contributed by atoms with Crippen LogP contribution in [0.25, 0.3) is 10.8 Å². The molecular weight excluding hydrogens is 434 g/mol. The second-order valence-corrected chi connectivity index (χ2v) is 8.88. The number of benzene rings is 1. The van der Waals surface area contributed by atoms with E-state index in [9.17, 15) is 26.8 Å². The predicted octanol–water partition coefficient (Wildman–Crippen LogP) is 0.722. The number of piperazine rings is 1. The van der Waals surface area contributed by atoms with E-state index in [2.05, 4.69) is 21.6 Å². The van der Waals surface area contributed by atoms with E-state index in [4.69, 9.17) is 0 Å². The second-order valence-electron chi connectivity index (χ2n) is 7.02. The summed E-state index contributed by atoms with van der Waals surface area (Å²) in [5, 5.41) is 2.77. The Bertz CT molecular complexity index is 1170. The zero-order valence-corrected chi connectivity index (χ0v) is 16.9. The number of alkyl halides is 2. The number of nitrogens with zero attached hydrogens (tertiary/aromatic N) is 3. The fourth-order valence-electron chi connectivity index (χ4n) is 3.79. The van der Waals surface area contributed by atoms with E-state index in [0.29, 0.717) is 0 Å². The van der Waals surface area contributed by atoms with Crippen molar-refractivity contribution in [3.05, 3.63) is 43.1 Å². The van der Waals surface area contributed by atoms with E-state index in [0.717, 1.165) is 6.08 Å². The quantitative estimate of drug-likeness (QED) is 0.621. The molecule has 2 aliphatic rings. The fourth-order valence-corrected chi connectivity index (χ4v) is 5.67. The third kappa shape index (κ3) is 3.61. The number of nitrogens with one attached hydrogen (secondary N) is 1. The van der Waals surface area contributed by atoms with Crippen LogP contribution in [0.3, 0.4) is 0 Å². The first-order valence-corrected chi connectivity index (χ1v) is 10.7. The number of fused-ring (bicyclic) bond motifs is 2. The lowest BCUT2D eigenvalue weighted by molar-refractivity contribution is -0.154. The summed E-state index contributed by atoms with van der Waals surface area (Å²) >= 11 is 0. The molecule has 2 unspecified atom stereocenters. The highest BCUT2D eigenvalue weighted by Crippen LogP contribution is 2.40. The molecule has 2 fully saturated rings. The maximum Gasteiger partial charge on any atom is 0.388 e. The molecule has 4 rings (SSSR count). The molecule has 2 saturated heterocycles. The van der Waals surface area contributed by atoms with Gasteiger partial charge in [0, 0.05) is 30.1 Å². The van der Waals surface area contributed by atoms with Gasteiger partial charge in [-0.2, -0.15) is 13.1 Å². The van der Waals surface area contributed by atoms with E-state index >= 15 is 0 Å². The molecule has 0 saturated carbocycles. The van der Waals surface area contributed by atoms with Crippen LogP contribution in [0, 0.1) is 0 Å². The van der Waals surface area contributed by atoms with Crippen LogP contribution in [0.15, 0.2) is 48.0 Å². The van der Waals surface area contributed by atoms with Crippen molar-refractivity contribution in [3.8, 4) is 5.88 Å². The SMILES string of the molecule is C=CC(=O)NCC(=O)N1CC2C1CN2S(=O)(=O)c1cccc2c(OC(F)F)nccc12. The molecule has 0 spiro atoms. The highest BCUT2D eigenvalue weighted by atomic mass is 32.2. The Kier molecular flexibility index (Phi) is 5.35. The largest absolute Gasteiger partial charge is 0.416 e. The van der Waals surface area contributed by atoms with Crippen molar-refractivity contribution in [2.45, 2.75) is 23.6 Å². The number of aromatic nitrogens is 1. The number of sulfonamides is 1. The first kappa shape index (κ1) is 21.1. The van der Waals surface area contributed by atoms with Crippen LogP contribution in [0.2, 0.25) is 0 Å². The first-order chi connectivity index (χ1) is 14.7. The number of halogens is 2. The molecule has 2 aromatic rings. The molecule has 2 atom stereocenters. The Hall–Kier alpha value is -3.12. The molecule has 1 N–H and O–H groups in total. The number of pyridine rings is 1. The standard InChI is InChI=1S/C19H18F2N4O5S/c1-2-16(26)23-8-17(27)24-9-14-13(24)10-25(14)31(28,29)15-5-3-4-12-11(15)6-7-22-18(12)30-19(20)21/h2-7,13-14,19H,1,8-10H2,(H,23,26). The Morgan fingerprint density at radius 2 is 2.03 bits per heavy atom. The molecule has 9 nitrogen and oxygen atoms in total. The average molecular weight is 452 g/mol. The van der Waals surface area contributed by atoms with Gasteiger partial charge in [-0.15, -0.1) is 0 Å². The van der Waals surface area contributed by atoms with Gasteiger partial charge in [0.15, 0.2) is 0 Å². The summed E-state index contributed by atoms with van der Waals surface area (Å²) in [6, 6.07) is 5.07. The van der Waals surface area contributed by atoms with E-state index < -0.39 is 22.5 Å². The lowest BCUT2D eigenvalue weighted by Gasteiger charge is -2.60. The molecule has 3 heterocycles. The van der Waals surface area contributed by atoms with Crippen LogP contribution in [-0.4, -0.2) is 72.8 Å². The maximum atomic E-state index is 13.2. The van der Waals surface area contributed by atoms with Crippen molar-refractivity contribution in [1.29, 1.82) is 0 Å². The molecule has 0 aliphatic carbocycles. The third-order valence-electron chi connectivity index (χ3n) is 5.40. The summed E-state index contributed by atoms with van der Waals surface area (Å²) in [6.45, 7) is 0.334. The zero-order valence-electron chi connectivity index (χ0n) is 16.1. The van der Waals surface area contributed by atoms with Gasteiger partial charge in [-0.3, -0.25) is 9.59 Å². The van der Waals surface area contributed by atoms with Gasteiger partial charge in [0.25, 0.3) is 0 Å². The molecule has 12 heteroatoms. The molecule has 164 valence electrons. The number of ether oxygens (including phenoxy) is 1. The highest BCUT2D eigenvalue weighted by molar-refractivity contribution is 7.89. The molecule has 1 aromatic heterocycles. The number of carbonyl (C=O) groups is 2. The van der Waals surface area contributed by atoms with Crippen molar-refractivity contribution in [3.63, 3.8) is 0 Å². The number of hydrogen-bond donors (Lipinski definition) is 1. The van der Waals surface area contributed by atoms with E-state index in [1.807, 2.05) is 0 Å². The van der Waals surface area contributed by atoms with Gasteiger partial charge < -0.3 is 15.0 Å². The van der Waals surface area contributed by atoms with E-state index in [-0.39, 0.29) is 59.2 Å². The first-order valence-electron chi connectivity index (χ1n) is 9.28. The van der Waals surface area contributed by atoms with Gasteiger partial charge in [-0.1, -0.05) is 12.6 Å². The third-order valence-corrected chi connectivity index (χ3v) is 7.35. The predicted molar refractivity (Wildman–Crippen MR) is 105 cm³/mol. The summed E-state index contributed by atoms with van der Waals surface area (Å²) in [7, 11) is -3.94. The number of likely N-dealkylation sites (tertiary alicyclic amines) is 1. The van der Waals surface area contributed by atoms with E-state index in [1.54, 1.807) is 0 Å². The average Bonchev–Trinajstić information content (AvgIpc) is 2.72. The van der Waals surface area contributed by atoms with Crippen LogP contribution in [0.1, 0.15) is 0 Å². The fraction of sp³-hybridized carbons (Fsp3) is 0.316. The van der Waals surface area contributed by atoms with Crippen LogP contribution in [0.4, 0.5) is 8.78 Å². The summed E-state index contributed by atoms with van der Waals surface area (Å²) in [4.78, 5) is 28.6. The van der Waals surface area contributed by atoms with E-state index in [1.165, 1.54) is 39.7 Å². The molecule has 2 amide bonds. The van der Waals surface area contributed by atoms with Crippen LogP contribution in [0.5, 0.6) is 5.88 Å². The summed E-state index contributed by atoms with van der Waals surface area (Å²) in [6.07, 6.45) is 2.26. The lowest BCUT2D eigenvalue weighted by Crippen LogP contribution is -2.80. The number of rotatable bonds is 7. The van der Waals surface area contributed by atoms with Crippen LogP contribution < -0.4 is 10.1 Å². The van der Waals surface area contributed by atoms with Crippen molar-refractivity contribution in [2.75, 3.05) is 19.6 Å². The Morgan fingerprint density at radius 1 is 1.26 bits per heavy atom. The molecule has 0 radical (unpaired) electrons. The van der Waals surface area contributed by atoms with Gasteiger partial charge in [-0.05, 0) is 24.3 Å². The summed E-state index contributed by atoms with van der Waals surface area (Å²) in [5.74, 6) is -1.13. The van der Waals surface area contributed by atoms with Gasteiger partial charge in [0.05, 0.1) is 23.5 Å². The molecular formula is C19H18F2N4O5S. The molecule has 31 heavy (non-hydrogen) atoms. The van der Waals surface area contributed by atoms with Crippen molar-refractivity contribution in [2.24, 2.45) is 0 Å². The van der Waals surface area contributed by atoms with Crippen molar-refractivity contribution < 1.29 is 31.5 Å². The zero-order chi connectivity index (χ0) is 22.3. The minimum atomic E-state index is -3.94.